The summed E-state index contributed by atoms with van der Waals surface area (Å²) in [6.45, 7) is 20.7. The van der Waals surface area contributed by atoms with Gasteiger partial charge in [0, 0.05) is 70.4 Å². The predicted molar refractivity (Wildman–Crippen MR) is 546 cm³/mol. The van der Waals surface area contributed by atoms with E-state index in [1.165, 1.54) is 93.3 Å². The quantitative estimate of drug-likeness (QED) is 0.0253. The summed E-state index contributed by atoms with van der Waals surface area (Å²) < 4.78 is 0. The Morgan fingerprint density at radius 1 is 0.287 bits per heavy atom. The lowest BCUT2D eigenvalue weighted by atomic mass is 9.91. The second kappa shape index (κ2) is 57.0. The van der Waals surface area contributed by atoms with Crippen LogP contribution < -0.4 is 63.8 Å². The monoisotopic (exact) mass is 1840 g/mol. The van der Waals surface area contributed by atoms with Crippen LogP contribution >= 0.6 is 0 Å². The molecule has 0 aliphatic carbocycles. The fourth-order valence-corrected chi connectivity index (χ4v) is 18.3. The van der Waals surface area contributed by atoms with E-state index in [1.54, 1.807) is 0 Å². The molecule has 5 amide bonds. The van der Waals surface area contributed by atoms with Gasteiger partial charge in [-0.05, 0) is 259 Å². The minimum Gasteiger partial charge on any atom is -0.373 e. The fourth-order valence-electron chi connectivity index (χ4n) is 18.3. The van der Waals surface area contributed by atoms with Crippen molar-refractivity contribution in [3.8, 4) is 11.1 Å². The first kappa shape index (κ1) is 104. The molecule has 8 aliphatic rings. The van der Waals surface area contributed by atoms with Crippen molar-refractivity contribution in [2.24, 2.45) is 0 Å². The molecule has 0 aromatic heterocycles. The van der Waals surface area contributed by atoms with E-state index in [-0.39, 0.29) is 77.9 Å². The molecule has 21 heteroatoms. The van der Waals surface area contributed by atoms with E-state index in [2.05, 4.69) is 172 Å². The third-order valence-corrected chi connectivity index (χ3v) is 26.2. The fraction of sp³-hybridized carbons (Fsp3) is 0.400. The molecule has 0 bridgehead atoms. The number of anilines is 1. The van der Waals surface area contributed by atoms with E-state index in [0.717, 1.165) is 149 Å². The van der Waals surface area contributed by atoms with Crippen molar-refractivity contribution in [1.29, 1.82) is 0 Å². The SMILES string of the molecule is Cc1cc(C)c(CC(=O)C2CCCCN2)c(C)c1.Cc1cccc(C)c1CC(=O)C1CCCCN1.Cc1ccccc1CC(=O)C1CCCN1.O=C(Cc1ccccc1-c1ccccc1)C1CCCN1.O=C(NCc1ccccc1)C1CCCCN1.O=C(NCc1ccccc1)C1CCCN1.O=C(NCc1ccccc1)C1Cc2ccccc2N1.O=C1CCC(C(=O)NCc2ccccc2)N1. The molecule has 18 rings (SSSR count). The van der Waals surface area contributed by atoms with Crippen molar-refractivity contribution >= 4 is 58.4 Å². The Labute approximate surface area is 806 Å². The zero-order chi connectivity index (χ0) is 96.0. The van der Waals surface area contributed by atoms with Gasteiger partial charge in [0.25, 0.3) is 0 Å². The molecule has 136 heavy (non-hydrogen) atoms. The number of ketones is 4. The number of amides is 5. The van der Waals surface area contributed by atoms with Crippen molar-refractivity contribution in [1.82, 2.24) is 58.5 Å². The molecule has 8 unspecified atom stereocenters. The lowest BCUT2D eigenvalue weighted by Crippen LogP contribution is -2.46. The number of carbonyl (C=O) groups excluding carboxylic acids is 9. The van der Waals surface area contributed by atoms with Gasteiger partial charge in [-0.2, -0.15) is 0 Å². The number of nitrogens with one attached hydrogen (secondary N) is 12. The Morgan fingerprint density at radius 3 is 1.01 bits per heavy atom. The summed E-state index contributed by atoms with van der Waals surface area (Å²) in [6, 6.07) is 84.7. The minimum atomic E-state index is -0.351. The molecular formula is C115H144N12O9. The largest absolute Gasteiger partial charge is 0.373 e. The van der Waals surface area contributed by atoms with E-state index < -0.39 is 0 Å². The zero-order valence-corrected chi connectivity index (χ0v) is 80.7. The molecule has 8 aliphatic heterocycles. The number of Topliss-reactive ketones (excluding diaryl/α,β-unsaturated/α-hetero) is 4. The highest BCUT2D eigenvalue weighted by atomic mass is 16.2. The molecule has 8 atom stereocenters. The second-order valence-electron chi connectivity index (χ2n) is 36.8. The van der Waals surface area contributed by atoms with Crippen molar-refractivity contribution in [3.05, 3.63) is 338 Å². The van der Waals surface area contributed by atoms with Crippen LogP contribution in [0, 0.1) is 41.5 Å². The maximum atomic E-state index is 12.3. The van der Waals surface area contributed by atoms with Gasteiger partial charge in [0.2, 0.25) is 29.5 Å². The van der Waals surface area contributed by atoms with Gasteiger partial charge in [-0.3, -0.25) is 43.2 Å². The Morgan fingerprint density at radius 2 is 0.618 bits per heavy atom. The molecule has 7 fully saturated rings. The minimum absolute atomic E-state index is 0.0115. The number of benzene rings is 10. The number of hydrogen-bond acceptors (Lipinski definition) is 16. The third kappa shape index (κ3) is 35.2. The number of piperidine rings is 3. The maximum absolute atomic E-state index is 12.3. The van der Waals surface area contributed by atoms with E-state index in [9.17, 15) is 43.2 Å². The lowest BCUT2D eigenvalue weighted by Gasteiger charge is -2.23. The van der Waals surface area contributed by atoms with Gasteiger partial charge in [0.1, 0.15) is 12.1 Å². The average molecular weight is 1840 g/mol. The summed E-state index contributed by atoms with van der Waals surface area (Å²) >= 11 is 0. The molecule has 8 heterocycles. The Balaban J connectivity index is 0.000000150. The summed E-state index contributed by atoms with van der Waals surface area (Å²) in [5.74, 6) is 1.51. The van der Waals surface area contributed by atoms with Gasteiger partial charge in [-0.1, -0.05) is 274 Å². The van der Waals surface area contributed by atoms with Crippen molar-refractivity contribution < 1.29 is 43.2 Å². The Bertz CT molecular complexity index is 5330. The number of aryl methyl sites for hydroxylation is 6. The molecule has 10 aromatic carbocycles. The Kier molecular flexibility index (Phi) is 43.7. The van der Waals surface area contributed by atoms with Crippen LogP contribution in [0.15, 0.2) is 255 Å². The summed E-state index contributed by atoms with van der Waals surface area (Å²) in [7, 11) is 0. The first-order chi connectivity index (χ1) is 66.2. The summed E-state index contributed by atoms with van der Waals surface area (Å²) in [5.41, 5.74) is 21.2. The van der Waals surface area contributed by atoms with Gasteiger partial charge in [-0.15, -0.1) is 0 Å². The third-order valence-electron chi connectivity index (χ3n) is 26.2. The zero-order valence-electron chi connectivity index (χ0n) is 80.7. The first-order valence-corrected chi connectivity index (χ1v) is 49.4. The van der Waals surface area contributed by atoms with Gasteiger partial charge < -0.3 is 63.8 Å². The molecule has 0 saturated carbocycles. The standard InChI is InChI=1S/C18H19NO.C16H16N2O.C16H23NO.C15H21NO.C13H18N2O.C13H17NO.C12H14N2O2.C12H16N2O/c20-18(17-11-6-12-19-17)13-15-9-4-5-10-16(15)14-7-2-1-3-8-14;19-16(17-11-12-6-2-1-3-7-12)15-10-13-8-4-5-9-14(13)18-15;1-11-8-12(2)14(13(3)9-11)10-16(18)15-6-4-5-7-17-15;1-11-6-5-7-12(2)13(11)10-15(17)14-8-3-4-9-16-14;16-13(12-8-4-5-9-14-12)15-10-11-6-2-1-3-7-11;1-10-5-2-3-6-11(10)9-13(15)12-7-4-8-14-12;15-11-7-6-10(14-11)12(16)13-8-9-4-2-1-3-5-9;15-12(11-7-4-8-13-11)14-9-10-5-2-1-3-6-10/h1-5,7-10,17,19H,6,11-13H2;1-9,15,18H,10-11H2,(H,17,19);8-9,15,17H,4-7,10H2,1-3H3;5-7,14,16H,3-4,8-10H2,1-2H3;1-3,6-7,12,14H,4-5,8-10H2,(H,15,16);2-3,5-6,12,14H,4,7-9H2,1H3;1-5,10H,6-8H2,(H,13,16)(H,14,15);1-3,5-6,11,13H,4,7-9H2,(H,14,15). The molecule has 0 spiro atoms. The highest BCUT2D eigenvalue weighted by Crippen LogP contribution is 2.28. The smallest absolute Gasteiger partial charge is 0.243 e. The Hall–Kier alpha value is -12.2. The van der Waals surface area contributed by atoms with Crippen molar-refractivity contribution in [2.75, 3.05) is 44.6 Å². The average Bonchev–Trinajstić information content (AvgIpc) is 1.17. The van der Waals surface area contributed by atoms with Crippen LogP contribution in [0.5, 0.6) is 0 Å². The number of carbonyl (C=O) groups is 9. The molecular weight excluding hydrogens is 1690 g/mol. The summed E-state index contributed by atoms with van der Waals surface area (Å²) in [4.78, 5) is 107. The molecule has 718 valence electrons. The normalized spacial score (nSPS) is 19.3. The van der Waals surface area contributed by atoms with Crippen LogP contribution in [-0.2, 0) is 101 Å². The van der Waals surface area contributed by atoms with Gasteiger partial charge in [0.15, 0.2) is 23.1 Å². The number of fused-ring (bicyclic) bond motifs is 1. The van der Waals surface area contributed by atoms with Crippen LogP contribution in [0.25, 0.3) is 11.1 Å². The maximum Gasteiger partial charge on any atom is 0.243 e. The molecule has 21 nitrogen and oxygen atoms in total. The van der Waals surface area contributed by atoms with Crippen LogP contribution in [0.4, 0.5) is 5.69 Å². The predicted octanol–water partition coefficient (Wildman–Crippen LogP) is 15.9. The van der Waals surface area contributed by atoms with Gasteiger partial charge >= 0.3 is 0 Å². The van der Waals surface area contributed by atoms with Crippen LogP contribution in [0.2, 0.25) is 0 Å². The number of para-hydroxylation sites is 1. The molecule has 10 aromatic rings. The van der Waals surface area contributed by atoms with Gasteiger partial charge in [0.05, 0.1) is 36.3 Å². The van der Waals surface area contributed by atoms with E-state index in [4.69, 9.17) is 0 Å². The van der Waals surface area contributed by atoms with Crippen LogP contribution in [0.3, 0.4) is 0 Å². The molecule has 0 radical (unpaired) electrons. The summed E-state index contributed by atoms with van der Waals surface area (Å²) in [6.07, 6.45) is 20.4. The first-order valence-electron chi connectivity index (χ1n) is 49.4. The van der Waals surface area contributed by atoms with E-state index >= 15 is 0 Å². The molecule has 7 saturated heterocycles. The highest BCUT2D eigenvalue weighted by molar-refractivity contribution is 5.92. The van der Waals surface area contributed by atoms with E-state index in [0.29, 0.717) is 87.8 Å². The van der Waals surface area contributed by atoms with Crippen LogP contribution in [0.1, 0.15) is 193 Å². The number of rotatable bonds is 25. The van der Waals surface area contributed by atoms with Crippen molar-refractivity contribution in [2.45, 2.75) is 257 Å². The number of hydrogen-bond donors (Lipinski definition) is 12. The van der Waals surface area contributed by atoms with Gasteiger partial charge in [-0.25, -0.2) is 0 Å². The summed E-state index contributed by atoms with van der Waals surface area (Å²) in [5, 5.41) is 37.2. The second-order valence-corrected chi connectivity index (χ2v) is 36.8. The molecule has 12 N–H and O–H groups in total. The topological polar surface area (TPSA) is 298 Å². The highest BCUT2D eigenvalue weighted by Gasteiger charge is 2.31. The lowest BCUT2D eigenvalue weighted by molar-refractivity contribution is -0.125. The van der Waals surface area contributed by atoms with Crippen LogP contribution in [-0.4, -0.2) is 140 Å². The van der Waals surface area contributed by atoms with Crippen molar-refractivity contribution in [3.63, 3.8) is 0 Å². The van der Waals surface area contributed by atoms with E-state index in [1.807, 2.05) is 188 Å².